The van der Waals surface area contributed by atoms with Gasteiger partial charge in [-0.15, -0.1) is 0 Å². The summed E-state index contributed by atoms with van der Waals surface area (Å²) in [5.41, 5.74) is 1.19. The highest BCUT2D eigenvalue weighted by molar-refractivity contribution is 5.88. The summed E-state index contributed by atoms with van der Waals surface area (Å²) in [7, 11) is 0. The van der Waals surface area contributed by atoms with E-state index in [1.807, 2.05) is 36.4 Å². The summed E-state index contributed by atoms with van der Waals surface area (Å²) < 4.78 is 0. The molecule has 0 saturated carbocycles. The van der Waals surface area contributed by atoms with Gasteiger partial charge in [-0.25, -0.2) is 4.79 Å². The Bertz CT molecular complexity index is 686. The lowest BCUT2D eigenvalue weighted by Gasteiger charge is -2.28. The molecule has 2 aliphatic heterocycles. The molecule has 0 radical (unpaired) electrons. The first kappa shape index (κ1) is 10.7. The van der Waals surface area contributed by atoms with Crippen LogP contribution < -0.4 is 15.8 Å². The zero-order chi connectivity index (χ0) is 12.5. The van der Waals surface area contributed by atoms with Gasteiger partial charge in [-0.3, -0.25) is 0 Å². The van der Waals surface area contributed by atoms with Crippen molar-refractivity contribution >= 4 is 17.7 Å². The first-order chi connectivity index (χ1) is 8.77. The first-order valence-corrected chi connectivity index (χ1v) is 5.70. The van der Waals surface area contributed by atoms with Gasteiger partial charge in [-0.05, 0) is 11.3 Å². The lowest BCUT2D eigenvalue weighted by atomic mass is 10.1. The van der Waals surface area contributed by atoms with Crippen molar-refractivity contribution in [3.05, 3.63) is 58.9 Å². The van der Waals surface area contributed by atoms with Gasteiger partial charge in [0.15, 0.2) is 0 Å². The Balaban J connectivity index is 2.29. The summed E-state index contributed by atoms with van der Waals surface area (Å²) in [6, 6.07) is 7.97. The number of carboxylic acids is 1. The molecule has 0 amide bonds. The molecule has 0 aromatic heterocycles. The van der Waals surface area contributed by atoms with Gasteiger partial charge in [0.25, 0.3) is 0 Å². The van der Waals surface area contributed by atoms with E-state index in [1.165, 1.54) is 6.20 Å². The number of carboxylic acid groups (broad SMARTS) is 1. The van der Waals surface area contributed by atoms with Crippen LogP contribution in [0.25, 0.3) is 11.8 Å². The Morgan fingerprint density at radius 1 is 1.33 bits per heavy atom. The minimum atomic E-state index is -0.941. The van der Waals surface area contributed by atoms with E-state index in [0.717, 1.165) is 16.1 Å². The van der Waals surface area contributed by atoms with Gasteiger partial charge >= 0.3 is 5.97 Å². The molecule has 3 rings (SSSR count). The van der Waals surface area contributed by atoms with Gasteiger partial charge in [0, 0.05) is 23.3 Å². The molecule has 0 fully saturated rings. The molecule has 0 bridgehead atoms. The maximum absolute atomic E-state index is 11.2. The fraction of sp³-hybridized carbons (Fsp3) is 0.0714. The van der Waals surface area contributed by atoms with Gasteiger partial charge in [-0.2, -0.15) is 0 Å². The van der Waals surface area contributed by atoms with Crippen LogP contribution in [0, 0.1) is 0 Å². The van der Waals surface area contributed by atoms with Crippen molar-refractivity contribution in [3.8, 4) is 0 Å². The summed E-state index contributed by atoms with van der Waals surface area (Å²) in [6.07, 6.45) is 7.17. The highest BCUT2D eigenvalue weighted by Gasteiger charge is 2.22. The van der Waals surface area contributed by atoms with Crippen LogP contribution in [-0.2, 0) is 4.79 Å². The maximum atomic E-state index is 11.2. The van der Waals surface area contributed by atoms with E-state index in [0.29, 0.717) is 6.54 Å². The summed E-state index contributed by atoms with van der Waals surface area (Å²) >= 11 is 0. The summed E-state index contributed by atoms with van der Waals surface area (Å²) in [5, 5.41) is 14.4. The molecule has 1 aromatic rings. The SMILES string of the molecule is O=C(O)C1=CNCC2=c3ccccc3=CC=CN12. The van der Waals surface area contributed by atoms with Crippen LogP contribution in [0.3, 0.4) is 0 Å². The van der Waals surface area contributed by atoms with Gasteiger partial charge in [0.2, 0.25) is 0 Å². The van der Waals surface area contributed by atoms with E-state index in [1.54, 1.807) is 11.1 Å². The number of benzene rings is 1. The minimum Gasteiger partial charge on any atom is -0.477 e. The molecule has 0 aliphatic carbocycles. The minimum absolute atomic E-state index is 0.234. The van der Waals surface area contributed by atoms with E-state index in [9.17, 15) is 9.90 Å². The van der Waals surface area contributed by atoms with Crippen molar-refractivity contribution in [2.75, 3.05) is 6.54 Å². The zero-order valence-electron chi connectivity index (χ0n) is 9.63. The van der Waals surface area contributed by atoms with E-state index < -0.39 is 5.97 Å². The predicted octanol–water partition coefficient (Wildman–Crippen LogP) is -0.0662. The van der Waals surface area contributed by atoms with Gasteiger partial charge < -0.3 is 15.3 Å². The average molecular weight is 240 g/mol. The van der Waals surface area contributed by atoms with Crippen molar-refractivity contribution in [1.29, 1.82) is 0 Å². The molecule has 2 aliphatic rings. The lowest BCUT2D eigenvalue weighted by molar-refractivity contribution is -0.133. The highest BCUT2D eigenvalue weighted by Crippen LogP contribution is 2.17. The fourth-order valence-corrected chi connectivity index (χ4v) is 2.24. The van der Waals surface area contributed by atoms with E-state index in [4.69, 9.17) is 0 Å². The van der Waals surface area contributed by atoms with Gasteiger partial charge in [0.05, 0.1) is 6.54 Å². The monoisotopic (exact) mass is 240 g/mol. The molecule has 90 valence electrons. The molecule has 1 aromatic carbocycles. The quantitative estimate of drug-likeness (QED) is 0.721. The number of hydrogen-bond donors (Lipinski definition) is 2. The number of hydrogen-bond acceptors (Lipinski definition) is 3. The van der Waals surface area contributed by atoms with Crippen molar-refractivity contribution < 1.29 is 9.90 Å². The normalized spacial score (nSPS) is 16.8. The third-order valence-electron chi connectivity index (χ3n) is 3.06. The Kier molecular flexibility index (Phi) is 2.41. The topological polar surface area (TPSA) is 52.6 Å². The molecule has 0 saturated heterocycles. The Labute approximate surface area is 104 Å². The number of fused-ring (bicyclic) bond motifs is 2. The smallest absolute Gasteiger partial charge is 0.354 e. The van der Waals surface area contributed by atoms with E-state index in [2.05, 4.69) is 5.32 Å². The maximum Gasteiger partial charge on any atom is 0.354 e. The molecule has 4 nitrogen and oxygen atoms in total. The molecule has 2 heterocycles. The van der Waals surface area contributed by atoms with Crippen LogP contribution in [0.5, 0.6) is 0 Å². The Morgan fingerprint density at radius 3 is 3.00 bits per heavy atom. The second-order valence-electron chi connectivity index (χ2n) is 4.13. The molecule has 4 heteroatoms. The second-order valence-corrected chi connectivity index (χ2v) is 4.13. The third kappa shape index (κ3) is 1.59. The summed E-state index contributed by atoms with van der Waals surface area (Å²) in [5.74, 6) is -0.941. The van der Waals surface area contributed by atoms with Crippen molar-refractivity contribution in [1.82, 2.24) is 10.2 Å². The van der Waals surface area contributed by atoms with Crippen LogP contribution in [0.2, 0.25) is 0 Å². The number of rotatable bonds is 1. The van der Waals surface area contributed by atoms with Crippen molar-refractivity contribution in [2.24, 2.45) is 0 Å². The molecule has 18 heavy (non-hydrogen) atoms. The number of allylic oxidation sites excluding steroid dienone is 1. The largest absolute Gasteiger partial charge is 0.477 e. The van der Waals surface area contributed by atoms with Gasteiger partial charge in [0.1, 0.15) is 5.70 Å². The molecule has 0 atom stereocenters. The summed E-state index contributed by atoms with van der Waals surface area (Å²) in [4.78, 5) is 12.9. The van der Waals surface area contributed by atoms with Crippen molar-refractivity contribution in [2.45, 2.75) is 0 Å². The lowest BCUT2D eigenvalue weighted by Crippen LogP contribution is -2.39. The molecular weight excluding hydrogens is 228 g/mol. The van der Waals surface area contributed by atoms with Crippen LogP contribution >= 0.6 is 0 Å². The standard InChI is InChI=1S/C14H12N2O2/c17-14(18)13-9-15-8-12-11-6-2-1-4-10(11)5-3-7-16(12)13/h1-7,9,15H,8H2,(H,17,18). The average Bonchev–Trinajstić information content (AvgIpc) is 2.57. The van der Waals surface area contributed by atoms with Crippen LogP contribution in [0.15, 0.2) is 48.4 Å². The van der Waals surface area contributed by atoms with E-state index >= 15 is 0 Å². The molecular formula is C14H12N2O2. The number of nitrogens with zero attached hydrogens (tertiary/aromatic N) is 1. The number of carbonyl (C=O) groups is 1. The van der Waals surface area contributed by atoms with Gasteiger partial charge in [-0.1, -0.05) is 30.3 Å². The number of nitrogens with one attached hydrogen (secondary N) is 1. The zero-order valence-corrected chi connectivity index (χ0v) is 9.63. The predicted molar refractivity (Wildman–Crippen MR) is 68.3 cm³/mol. The molecule has 0 spiro atoms. The van der Waals surface area contributed by atoms with Crippen LogP contribution in [0.4, 0.5) is 0 Å². The Morgan fingerprint density at radius 2 is 2.17 bits per heavy atom. The summed E-state index contributed by atoms with van der Waals surface area (Å²) in [6.45, 7) is 0.617. The highest BCUT2D eigenvalue weighted by atomic mass is 16.4. The fourth-order valence-electron chi connectivity index (χ4n) is 2.24. The van der Waals surface area contributed by atoms with E-state index in [-0.39, 0.29) is 5.70 Å². The van der Waals surface area contributed by atoms with Crippen LogP contribution in [0.1, 0.15) is 0 Å². The van der Waals surface area contributed by atoms with Crippen molar-refractivity contribution in [3.63, 3.8) is 0 Å². The number of aliphatic carboxylic acids is 1. The first-order valence-electron chi connectivity index (χ1n) is 5.70. The van der Waals surface area contributed by atoms with Crippen LogP contribution in [-0.4, -0.2) is 22.5 Å². The third-order valence-corrected chi connectivity index (χ3v) is 3.06. The molecule has 0 unspecified atom stereocenters. The second kappa shape index (κ2) is 4.07. The molecule has 2 N–H and O–H groups in total. The Hall–Kier alpha value is -2.49.